The van der Waals surface area contributed by atoms with Crippen LogP contribution >= 0.6 is 0 Å². The molecule has 1 radical (unpaired) electrons. The van der Waals surface area contributed by atoms with Crippen molar-refractivity contribution < 1.29 is 4.84 Å². The lowest BCUT2D eigenvalue weighted by Crippen LogP contribution is -2.07. The van der Waals surface area contributed by atoms with E-state index in [1.165, 1.54) is 32.1 Å². The number of nitrogens with zero attached hydrogens (tertiary/aromatic N) is 1. The van der Waals surface area contributed by atoms with E-state index in [0.717, 1.165) is 6.42 Å². The highest BCUT2D eigenvalue weighted by molar-refractivity contribution is 5.59. The van der Waals surface area contributed by atoms with Gasteiger partial charge in [0.2, 0.25) is 0 Å². The zero-order valence-electron chi connectivity index (χ0n) is 8.17. The minimum absolute atomic E-state index is 0.539. The zero-order valence-corrected chi connectivity index (χ0v) is 8.17. The molecule has 0 aromatic rings. The molecule has 1 fully saturated rings. The Morgan fingerprint density at radius 1 is 1.38 bits per heavy atom. The smallest absolute Gasteiger partial charge is 0.120 e. The quantitative estimate of drug-likeness (QED) is 0.276. The summed E-state index contributed by atoms with van der Waals surface area (Å²) in [5.41, 5.74) is 0. The van der Waals surface area contributed by atoms with Crippen molar-refractivity contribution >= 4 is 6.21 Å². The fraction of sp³-hybridized carbons (Fsp3) is 0.727. The molecule has 0 N–H and O–H groups in total. The lowest BCUT2D eigenvalue weighted by atomic mass is 9.90. The van der Waals surface area contributed by atoms with Gasteiger partial charge in [0, 0.05) is 12.3 Å². The summed E-state index contributed by atoms with van der Waals surface area (Å²) in [4.78, 5) is 5.02. The van der Waals surface area contributed by atoms with Crippen molar-refractivity contribution in [1.82, 2.24) is 0 Å². The second-order valence-corrected chi connectivity index (χ2v) is 3.47. The molecule has 0 atom stereocenters. The predicted octanol–water partition coefficient (Wildman–Crippen LogP) is 3.02. The lowest BCUT2D eigenvalue weighted by molar-refractivity contribution is 0.149. The van der Waals surface area contributed by atoms with E-state index in [-0.39, 0.29) is 0 Å². The first-order valence-electron chi connectivity index (χ1n) is 5.12. The third kappa shape index (κ3) is 4.71. The van der Waals surface area contributed by atoms with Gasteiger partial charge in [0.05, 0.1) is 0 Å². The van der Waals surface area contributed by atoms with Gasteiger partial charge in [0.15, 0.2) is 0 Å². The Kier molecular flexibility index (Phi) is 5.30. The van der Waals surface area contributed by atoms with Crippen LogP contribution in [0.25, 0.3) is 0 Å². The van der Waals surface area contributed by atoms with Gasteiger partial charge in [0.1, 0.15) is 12.8 Å². The standard InChI is InChI=1S/C11H18NO/c1-2-3-9-13-12-10-11-7-5-4-6-8-11/h2,11H,1,3-9H2. The number of rotatable bonds is 5. The van der Waals surface area contributed by atoms with Gasteiger partial charge < -0.3 is 4.84 Å². The molecule has 2 nitrogen and oxygen atoms in total. The van der Waals surface area contributed by atoms with E-state index in [9.17, 15) is 0 Å². The molecule has 13 heavy (non-hydrogen) atoms. The minimum atomic E-state index is 0.539. The zero-order chi connectivity index (χ0) is 9.36. The van der Waals surface area contributed by atoms with Gasteiger partial charge in [-0.3, -0.25) is 0 Å². The van der Waals surface area contributed by atoms with E-state index in [1.807, 2.05) is 6.08 Å². The maximum Gasteiger partial charge on any atom is 0.120 e. The Hall–Kier alpha value is -0.790. The van der Waals surface area contributed by atoms with E-state index in [1.54, 1.807) is 0 Å². The molecule has 0 saturated heterocycles. The van der Waals surface area contributed by atoms with Gasteiger partial charge in [-0.15, -0.1) is 6.58 Å². The van der Waals surface area contributed by atoms with E-state index < -0.39 is 0 Å². The molecule has 0 aliphatic heterocycles. The molecule has 1 rings (SSSR count). The van der Waals surface area contributed by atoms with Gasteiger partial charge in [-0.25, -0.2) is 0 Å². The highest BCUT2D eigenvalue weighted by Crippen LogP contribution is 2.21. The van der Waals surface area contributed by atoms with Crippen LogP contribution in [0.15, 0.2) is 17.8 Å². The molecule has 0 aromatic carbocycles. The molecule has 0 spiro atoms. The number of hydrogen-bond acceptors (Lipinski definition) is 2. The maximum absolute atomic E-state index is 5.02. The Morgan fingerprint density at radius 2 is 2.15 bits per heavy atom. The van der Waals surface area contributed by atoms with E-state index in [0.29, 0.717) is 12.5 Å². The highest BCUT2D eigenvalue weighted by atomic mass is 16.6. The summed E-state index contributed by atoms with van der Waals surface area (Å²) >= 11 is 0. The first kappa shape index (κ1) is 10.3. The molecular formula is C11H18NO. The molecule has 0 unspecified atom stereocenters. The molecule has 1 aliphatic carbocycles. The summed E-state index contributed by atoms with van der Waals surface area (Å²) in [7, 11) is 0. The van der Waals surface area contributed by atoms with Crippen molar-refractivity contribution in [3.63, 3.8) is 0 Å². The second kappa shape index (κ2) is 6.70. The Labute approximate surface area is 80.7 Å². The second-order valence-electron chi connectivity index (χ2n) is 3.47. The Morgan fingerprint density at radius 3 is 2.85 bits per heavy atom. The molecule has 0 aromatic heterocycles. The molecule has 0 heterocycles. The average Bonchev–Trinajstić information content (AvgIpc) is 2.19. The van der Waals surface area contributed by atoms with Gasteiger partial charge in [-0.2, -0.15) is 0 Å². The fourth-order valence-corrected chi connectivity index (χ4v) is 1.53. The molecular weight excluding hydrogens is 162 g/mol. The third-order valence-corrected chi connectivity index (χ3v) is 2.32. The Bertz CT molecular complexity index is 159. The van der Waals surface area contributed by atoms with Crippen molar-refractivity contribution in [2.24, 2.45) is 11.1 Å². The average molecular weight is 180 g/mol. The molecule has 0 bridgehead atoms. The molecule has 0 amide bonds. The first-order chi connectivity index (χ1) is 6.43. The van der Waals surface area contributed by atoms with Crippen LogP contribution in [0.1, 0.15) is 38.5 Å². The minimum Gasteiger partial charge on any atom is -0.395 e. The molecule has 1 saturated carbocycles. The lowest BCUT2D eigenvalue weighted by Gasteiger charge is -2.15. The monoisotopic (exact) mass is 180 g/mol. The normalized spacial score (nSPS) is 19.1. The van der Waals surface area contributed by atoms with Crippen molar-refractivity contribution in [2.45, 2.75) is 38.5 Å². The van der Waals surface area contributed by atoms with Crippen LogP contribution < -0.4 is 0 Å². The van der Waals surface area contributed by atoms with Crippen LogP contribution in [0.5, 0.6) is 0 Å². The van der Waals surface area contributed by atoms with Crippen LogP contribution in [-0.2, 0) is 4.84 Å². The van der Waals surface area contributed by atoms with Crippen LogP contribution in [-0.4, -0.2) is 12.8 Å². The van der Waals surface area contributed by atoms with E-state index >= 15 is 0 Å². The maximum atomic E-state index is 5.02. The predicted molar refractivity (Wildman–Crippen MR) is 54.8 cm³/mol. The van der Waals surface area contributed by atoms with E-state index in [4.69, 9.17) is 4.84 Å². The van der Waals surface area contributed by atoms with Gasteiger partial charge in [-0.1, -0.05) is 30.5 Å². The van der Waals surface area contributed by atoms with Crippen LogP contribution in [0, 0.1) is 5.92 Å². The van der Waals surface area contributed by atoms with Crippen molar-refractivity contribution in [1.29, 1.82) is 0 Å². The highest BCUT2D eigenvalue weighted by Gasteiger charge is 2.11. The first-order valence-corrected chi connectivity index (χ1v) is 5.12. The third-order valence-electron chi connectivity index (χ3n) is 2.32. The van der Waals surface area contributed by atoms with Crippen LogP contribution in [0.4, 0.5) is 0 Å². The fourth-order valence-electron chi connectivity index (χ4n) is 1.53. The summed E-state index contributed by atoms with van der Waals surface area (Å²) in [6, 6.07) is 0. The summed E-state index contributed by atoms with van der Waals surface area (Å²) in [6.07, 6.45) is 12.2. The molecule has 73 valence electrons. The van der Waals surface area contributed by atoms with Gasteiger partial charge in [-0.05, 0) is 12.8 Å². The van der Waals surface area contributed by atoms with E-state index in [2.05, 4.69) is 17.9 Å². The topological polar surface area (TPSA) is 21.6 Å². The molecule has 1 aliphatic rings. The summed E-state index contributed by atoms with van der Waals surface area (Å²) < 4.78 is 0. The molecule has 2 heteroatoms. The van der Waals surface area contributed by atoms with Crippen LogP contribution in [0.3, 0.4) is 0 Å². The largest absolute Gasteiger partial charge is 0.395 e. The van der Waals surface area contributed by atoms with Crippen molar-refractivity contribution in [3.8, 4) is 0 Å². The van der Waals surface area contributed by atoms with Crippen molar-refractivity contribution in [3.05, 3.63) is 12.7 Å². The van der Waals surface area contributed by atoms with Gasteiger partial charge >= 0.3 is 0 Å². The van der Waals surface area contributed by atoms with Gasteiger partial charge in [0.25, 0.3) is 0 Å². The SMILES string of the molecule is C=CCCO/N=[C]/C1CCCCC1. The summed E-state index contributed by atoms with van der Waals surface area (Å²) in [6.45, 7) is 4.23. The van der Waals surface area contributed by atoms with Crippen molar-refractivity contribution in [2.75, 3.05) is 6.61 Å². The van der Waals surface area contributed by atoms with Crippen LogP contribution in [0.2, 0.25) is 0 Å². The summed E-state index contributed by atoms with van der Waals surface area (Å²) in [5, 5.41) is 3.83. The Balaban J connectivity index is 2.04. The number of hydrogen-bond donors (Lipinski definition) is 0. The summed E-state index contributed by atoms with van der Waals surface area (Å²) in [5.74, 6) is 0.539.